The molecule has 2 radical (unpaired) electrons. The minimum Gasteiger partial charge on any atom is -0.0881 e. The third kappa shape index (κ3) is 2.70. The van der Waals surface area contributed by atoms with E-state index in [1.807, 2.05) is 0 Å². The molecule has 28 heavy (non-hydrogen) atoms. The lowest BCUT2D eigenvalue weighted by atomic mass is 9.83. The van der Waals surface area contributed by atoms with Gasteiger partial charge in [0.25, 0.3) is 0 Å². The molecule has 0 nitrogen and oxygen atoms in total. The molecule has 0 atom stereocenters. The fourth-order valence-corrected chi connectivity index (χ4v) is 4.45. The minimum absolute atomic E-state index is 0.871. The molecule has 0 saturated heterocycles. The molecule has 0 bridgehead atoms. The van der Waals surface area contributed by atoms with Crippen LogP contribution in [-0.2, 0) is 6.42 Å². The highest BCUT2D eigenvalue weighted by atomic mass is 14.2. The maximum absolute atomic E-state index is 6.53. The molecule has 132 valence electrons. The summed E-state index contributed by atoms with van der Waals surface area (Å²) in [4.78, 5) is 0. The normalized spacial score (nSPS) is 11.9. The number of benzene rings is 4. The van der Waals surface area contributed by atoms with Crippen LogP contribution in [0.1, 0.15) is 22.3 Å². The second-order valence-electron chi connectivity index (χ2n) is 7.78. The molecule has 0 saturated carbocycles. The van der Waals surface area contributed by atoms with Crippen molar-refractivity contribution in [3.63, 3.8) is 0 Å². The van der Waals surface area contributed by atoms with Gasteiger partial charge in [-0.15, -0.1) is 0 Å². The number of fused-ring (bicyclic) bond motifs is 3. The molecule has 4 aromatic rings. The van der Waals surface area contributed by atoms with Gasteiger partial charge in [0, 0.05) is 0 Å². The Morgan fingerprint density at radius 2 is 1.32 bits per heavy atom. The van der Waals surface area contributed by atoms with Crippen molar-refractivity contribution in [1.82, 2.24) is 0 Å². The maximum Gasteiger partial charge on any atom is 0.114 e. The van der Waals surface area contributed by atoms with Crippen LogP contribution in [-0.4, -0.2) is 7.85 Å². The van der Waals surface area contributed by atoms with Crippen LogP contribution in [0.15, 0.2) is 78.9 Å². The Kier molecular flexibility index (Phi) is 3.98. The number of aryl methyl sites for hydroxylation is 2. The summed E-state index contributed by atoms with van der Waals surface area (Å²) >= 11 is 0. The van der Waals surface area contributed by atoms with E-state index in [0.717, 1.165) is 11.9 Å². The van der Waals surface area contributed by atoms with Crippen molar-refractivity contribution in [2.45, 2.75) is 20.3 Å². The maximum atomic E-state index is 6.53. The van der Waals surface area contributed by atoms with Gasteiger partial charge in [-0.1, -0.05) is 78.3 Å². The predicted molar refractivity (Wildman–Crippen MR) is 120 cm³/mol. The van der Waals surface area contributed by atoms with Gasteiger partial charge in [-0.05, 0) is 82.0 Å². The van der Waals surface area contributed by atoms with E-state index in [-0.39, 0.29) is 0 Å². The second-order valence-corrected chi connectivity index (χ2v) is 7.78. The zero-order chi connectivity index (χ0) is 19.3. The van der Waals surface area contributed by atoms with Gasteiger partial charge in [-0.3, -0.25) is 0 Å². The standard InChI is InChI=1S/C27H21B/c1-17-7-3-5-9-23(17)25-15-19(12-11-18(25)2)21-14-22-13-20-8-4-6-10-24(20)27(22)26(28)16-21/h3-12,14-16H,13H2,1-2H3. The van der Waals surface area contributed by atoms with Crippen molar-refractivity contribution >= 4 is 13.3 Å². The first-order valence-corrected chi connectivity index (χ1v) is 9.79. The van der Waals surface area contributed by atoms with Crippen LogP contribution in [0.5, 0.6) is 0 Å². The van der Waals surface area contributed by atoms with Gasteiger partial charge in [0.15, 0.2) is 0 Å². The predicted octanol–water partition coefficient (Wildman–Crippen LogP) is 6.00. The summed E-state index contributed by atoms with van der Waals surface area (Å²) in [5, 5.41) is 0. The molecule has 0 spiro atoms. The molecule has 0 unspecified atom stereocenters. The number of hydrogen-bond donors (Lipinski definition) is 0. The fraction of sp³-hybridized carbons (Fsp3) is 0.111. The second kappa shape index (κ2) is 6.53. The van der Waals surface area contributed by atoms with E-state index in [4.69, 9.17) is 7.85 Å². The average Bonchev–Trinajstić information content (AvgIpc) is 3.08. The van der Waals surface area contributed by atoms with Crippen LogP contribution in [0.2, 0.25) is 0 Å². The first-order chi connectivity index (χ1) is 13.6. The van der Waals surface area contributed by atoms with Crippen molar-refractivity contribution in [2.75, 3.05) is 0 Å². The fourth-order valence-electron chi connectivity index (χ4n) is 4.45. The van der Waals surface area contributed by atoms with Crippen molar-refractivity contribution in [3.05, 3.63) is 101 Å². The van der Waals surface area contributed by atoms with E-state index in [1.54, 1.807) is 0 Å². The largest absolute Gasteiger partial charge is 0.114 e. The van der Waals surface area contributed by atoms with Crippen LogP contribution >= 0.6 is 0 Å². The molecule has 5 rings (SSSR count). The molecule has 0 N–H and O–H groups in total. The van der Waals surface area contributed by atoms with Gasteiger partial charge >= 0.3 is 0 Å². The van der Waals surface area contributed by atoms with Crippen LogP contribution in [0.3, 0.4) is 0 Å². The topological polar surface area (TPSA) is 0 Å². The van der Waals surface area contributed by atoms with Crippen LogP contribution in [0.4, 0.5) is 0 Å². The monoisotopic (exact) mass is 356 g/mol. The lowest BCUT2D eigenvalue weighted by molar-refractivity contribution is 1.26. The highest BCUT2D eigenvalue weighted by Crippen LogP contribution is 2.38. The average molecular weight is 356 g/mol. The van der Waals surface area contributed by atoms with Crippen molar-refractivity contribution in [3.8, 4) is 33.4 Å². The summed E-state index contributed by atoms with van der Waals surface area (Å²) in [7, 11) is 6.53. The molecular formula is C27H21B. The summed E-state index contributed by atoms with van der Waals surface area (Å²) in [5.41, 5.74) is 13.6. The summed E-state index contributed by atoms with van der Waals surface area (Å²) in [6.45, 7) is 4.35. The molecule has 1 heteroatoms. The molecule has 0 fully saturated rings. The van der Waals surface area contributed by atoms with Gasteiger partial charge in [-0.25, -0.2) is 0 Å². The molecule has 0 heterocycles. The highest BCUT2D eigenvalue weighted by Gasteiger charge is 2.20. The summed E-state index contributed by atoms with van der Waals surface area (Å²) < 4.78 is 0. The van der Waals surface area contributed by atoms with Crippen molar-refractivity contribution in [2.24, 2.45) is 0 Å². The van der Waals surface area contributed by atoms with E-state index >= 15 is 0 Å². The van der Waals surface area contributed by atoms with Gasteiger partial charge < -0.3 is 0 Å². The Morgan fingerprint density at radius 3 is 2.14 bits per heavy atom. The lowest BCUT2D eigenvalue weighted by Gasteiger charge is -2.14. The minimum atomic E-state index is 0.871. The molecular weight excluding hydrogens is 335 g/mol. The van der Waals surface area contributed by atoms with Crippen LogP contribution < -0.4 is 5.46 Å². The highest BCUT2D eigenvalue weighted by molar-refractivity contribution is 6.37. The quantitative estimate of drug-likeness (QED) is 0.340. The van der Waals surface area contributed by atoms with Crippen LogP contribution in [0, 0.1) is 13.8 Å². The number of hydrogen-bond acceptors (Lipinski definition) is 0. The molecule has 1 aliphatic rings. The third-order valence-corrected chi connectivity index (χ3v) is 5.92. The van der Waals surface area contributed by atoms with E-state index in [2.05, 4.69) is 92.7 Å². The molecule has 0 amide bonds. The number of rotatable bonds is 2. The smallest absolute Gasteiger partial charge is 0.0881 e. The Bertz CT molecular complexity index is 1220. The first-order valence-electron chi connectivity index (χ1n) is 9.79. The Balaban J connectivity index is 1.64. The van der Waals surface area contributed by atoms with Gasteiger partial charge in [-0.2, -0.15) is 0 Å². The van der Waals surface area contributed by atoms with Crippen LogP contribution in [0.25, 0.3) is 33.4 Å². The van der Waals surface area contributed by atoms with Gasteiger partial charge in [0.05, 0.1) is 0 Å². The summed E-state index contributed by atoms with van der Waals surface area (Å²) in [6.07, 6.45) is 0.958. The van der Waals surface area contributed by atoms with E-state index in [0.29, 0.717) is 0 Å². The Morgan fingerprint density at radius 1 is 0.607 bits per heavy atom. The van der Waals surface area contributed by atoms with E-state index in [1.165, 1.54) is 55.6 Å². The first kappa shape index (κ1) is 17.1. The Hall–Kier alpha value is -3.06. The zero-order valence-electron chi connectivity index (χ0n) is 16.3. The SMILES string of the molecule is [B]c1cc(-c2ccc(C)c(-c3ccccc3C)c2)cc2c1-c1ccccc1C2. The molecule has 0 aromatic heterocycles. The van der Waals surface area contributed by atoms with E-state index < -0.39 is 0 Å². The Labute approximate surface area is 168 Å². The van der Waals surface area contributed by atoms with Crippen molar-refractivity contribution in [1.29, 1.82) is 0 Å². The summed E-state index contributed by atoms with van der Waals surface area (Å²) in [5.74, 6) is 0. The van der Waals surface area contributed by atoms with E-state index in [9.17, 15) is 0 Å². The third-order valence-electron chi connectivity index (χ3n) is 5.92. The molecule has 1 aliphatic carbocycles. The zero-order valence-corrected chi connectivity index (χ0v) is 16.3. The molecule has 4 aromatic carbocycles. The molecule has 0 aliphatic heterocycles. The summed E-state index contributed by atoms with van der Waals surface area (Å²) in [6, 6.07) is 28.3. The van der Waals surface area contributed by atoms with Crippen molar-refractivity contribution < 1.29 is 0 Å². The van der Waals surface area contributed by atoms with Gasteiger partial charge in [0.2, 0.25) is 0 Å². The lowest BCUT2D eigenvalue weighted by Crippen LogP contribution is -2.08. The van der Waals surface area contributed by atoms with Gasteiger partial charge in [0.1, 0.15) is 7.85 Å².